The molecule has 2 rings (SSSR count). The summed E-state index contributed by atoms with van der Waals surface area (Å²) in [7, 11) is 0. The third-order valence-electron chi connectivity index (χ3n) is 2.69. The third-order valence-corrected chi connectivity index (χ3v) is 2.69. The number of hydrogen-bond acceptors (Lipinski definition) is 3. The first-order valence-corrected chi connectivity index (χ1v) is 5.00. The summed E-state index contributed by atoms with van der Waals surface area (Å²) in [5.74, 6) is 0. The van der Waals surface area contributed by atoms with Gasteiger partial charge in [0.1, 0.15) is 0 Å². The van der Waals surface area contributed by atoms with Crippen LogP contribution in [-0.4, -0.2) is 16.6 Å². The van der Waals surface area contributed by atoms with E-state index in [1.807, 2.05) is 42.6 Å². The van der Waals surface area contributed by atoms with Gasteiger partial charge in [-0.1, -0.05) is 30.4 Å². The van der Waals surface area contributed by atoms with Crippen LogP contribution in [0.2, 0.25) is 0 Å². The molecule has 1 aliphatic rings. The van der Waals surface area contributed by atoms with E-state index in [-0.39, 0.29) is 6.04 Å². The van der Waals surface area contributed by atoms with Gasteiger partial charge in [0, 0.05) is 18.4 Å². The summed E-state index contributed by atoms with van der Waals surface area (Å²) in [5.41, 5.74) is 12.8. The largest absolute Gasteiger partial charge is 0.323 e. The molecule has 1 aliphatic carbocycles. The second-order valence-corrected chi connectivity index (χ2v) is 3.92. The number of hydrogen-bond donors (Lipinski definition) is 2. The predicted octanol–water partition coefficient (Wildman–Crippen LogP) is 0.775. The van der Waals surface area contributed by atoms with Crippen LogP contribution >= 0.6 is 0 Å². The Hall–Kier alpha value is -1.45. The predicted molar refractivity (Wildman–Crippen MR) is 61.1 cm³/mol. The van der Waals surface area contributed by atoms with Gasteiger partial charge in [0.15, 0.2) is 0 Å². The third kappa shape index (κ3) is 2.14. The van der Waals surface area contributed by atoms with Gasteiger partial charge in [-0.15, -0.1) is 0 Å². The molecule has 0 saturated heterocycles. The van der Waals surface area contributed by atoms with Crippen LogP contribution < -0.4 is 11.5 Å². The molecule has 0 amide bonds. The van der Waals surface area contributed by atoms with Gasteiger partial charge < -0.3 is 11.5 Å². The summed E-state index contributed by atoms with van der Waals surface area (Å²) in [6, 6.07) is 3.79. The van der Waals surface area contributed by atoms with E-state index in [0.29, 0.717) is 6.42 Å². The van der Waals surface area contributed by atoms with Crippen LogP contribution in [0.4, 0.5) is 0 Å². The van der Waals surface area contributed by atoms with Crippen LogP contribution in [0.25, 0.3) is 0 Å². The normalized spacial score (nSPS) is 29.3. The molecule has 0 bridgehead atoms. The van der Waals surface area contributed by atoms with Crippen molar-refractivity contribution < 1.29 is 0 Å². The SMILES string of the molecule is NC1C=CC=CC1(N)Cc1cccnc1. The second kappa shape index (κ2) is 3.96. The van der Waals surface area contributed by atoms with E-state index in [2.05, 4.69) is 4.98 Å². The molecule has 0 aliphatic heterocycles. The zero-order valence-electron chi connectivity index (χ0n) is 8.51. The molecule has 0 spiro atoms. The van der Waals surface area contributed by atoms with Crippen LogP contribution in [0.15, 0.2) is 48.8 Å². The van der Waals surface area contributed by atoms with Gasteiger partial charge in [-0.2, -0.15) is 0 Å². The number of rotatable bonds is 2. The van der Waals surface area contributed by atoms with E-state index >= 15 is 0 Å². The lowest BCUT2D eigenvalue weighted by atomic mass is 9.83. The summed E-state index contributed by atoms with van der Waals surface area (Å²) >= 11 is 0. The quantitative estimate of drug-likeness (QED) is 0.743. The van der Waals surface area contributed by atoms with E-state index in [0.717, 1.165) is 5.56 Å². The molecule has 78 valence electrons. The van der Waals surface area contributed by atoms with E-state index in [1.165, 1.54) is 0 Å². The van der Waals surface area contributed by atoms with Crippen molar-refractivity contribution in [2.24, 2.45) is 11.5 Å². The van der Waals surface area contributed by atoms with Gasteiger partial charge in [0.05, 0.1) is 5.54 Å². The lowest BCUT2D eigenvalue weighted by Crippen LogP contribution is -2.55. The summed E-state index contributed by atoms with van der Waals surface area (Å²) in [4.78, 5) is 4.07. The molecule has 15 heavy (non-hydrogen) atoms. The van der Waals surface area contributed by atoms with Crippen molar-refractivity contribution in [1.82, 2.24) is 4.98 Å². The molecule has 1 aromatic rings. The molecular weight excluding hydrogens is 186 g/mol. The minimum absolute atomic E-state index is 0.136. The minimum Gasteiger partial charge on any atom is -0.323 e. The highest BCUT2D eigenvalue weighted by Crippen LogP contribution is 2.18. The number of nitrogens with two attached hydrogens (primary N) is 2. The highest BCUT2D eigenvalue weighted by molar-refractivity contribution is 5.29. The van der Waals surface area contributed by atoms with E-state index in [1.54, 1.807) is 6.20 Å². The van der Waals surface area contributed by atoms with Crippen LogP contribution in [0, 0.1) is 0 Å². The molecule has 3 heteroatoms. The maximum Gasteiger partial charge on any atom is 0.0573 e. The molecule has 0 fully saturated rings. The van der Waals surface area contributed by atoms with Crippen molar-refractivity contribution >= 4 is 0 Å². The Bertz CT molecular complexity index is 383. The van der Waals surface area contributed by atoms with Gasteiger partial charge in [0.2, 0.25) is 0 Å². The molecule has 1 aromatic heterocycles. The Balaban J connectivity index is 2.18. The molecule has 0 saturated carbocycles. The van der Waals surface area contributed by atoms with Crippen molar-refractivity contribution in [3.8, 4) is 0 Å². The first-order valence-electron chi connectivity index (χ1n) is 5.00. The van der Waals surface area contributed by atoms with E-state index < -0.39 is 5.54 Å². The number of allylic oxidation sites excluding steroid dienone is 2. The molecule has 1 heterocycles. The van der Waals surface area contributed by atoms with Crippen molar-refractivity contribution in [2.45, 2.75) is 18.0 Å². The maximum atomic E-state index is 6.24. The summed E-state index contributed by atoms with van der Waals surface area (Å²) < 4.78 is 0. The fourth-order valence-corrected chi connectivity index (χ4v) is 1.74. The van der Waals surface area contributed by atoms with Gasteiger partial charge in [-0.25, -0.2) is 0 Å². The topological polar surface area (TPSA) is 64.9 Å². The first kappa shape index (κ1) is 10.1. The van der Waals surface area contributed by atoms with Gasteiger partial charge in [0.25, 0.3) is 0 Å². The smallest absolute Gasteiger partial charge is 0.0573 e. The summed E-state index contributed by atoms with van der Waals surface area (Å²) in [6.45, 7) is 0. The molecule has 4 N–H and O–H groups in total. The standard InChI is InChI=1S/C12H15N3/c13-11-5-1-2-6-12(11,14)8-10-4-3-7-15-9-10/h1-7,9,11H,8,13-14H2. The first-order chi connectivity index (χ1) is 7.21. The van der Waals surface area contributed by atoms with Crippen molar-refractivity contribution in [2.75, 3.05) is 0 Å². The van der Waals surface area contributed by atoms with Crippen LogP contribution in [0.5, 0.6) is 0 Å². The fraction of sp³-hybridized carbons (Fsp3) is 0.250. The van der Waals surface area contributed by atoms with Gasteiger partial charge in [-0.05, 0) is 18.1 Å². The number of aromatic nitrogens is 1. The second-order valence-electron chi connectivity index (χ2n) is 3.92. The van der Waals surface area contributed by atoms with Crippen molar-refractivity contribution in [1.29, 1.82) is 0 Å². The fourth-order valence-electron chi connectivity index (χ4n) is 1.74. The Morgan fingerprint density at radius 3 is 2.93 bits per heavy atom. The van der Waals surface area contributed by atoms with E-state index in [4.69, 9.17) is 11.5 Å². The number of pyridine rings is 1. The van der Waals surface area contributed by atoms with Crippen LogP contribution in [0.3, 0.4) is 0 Å². The highest BCUT2D eigenvalue weighted by Gasteiger charge is 2.29. The molecule has 0 aromatic carbocycles. The summed E-state index contributed by atoms with van der Waals surface area (Å²) in [6.07, 6.45) is 12.1. The van der Waals surface area contributed by atoms with Crippen molar-refractivity contribution in [3.05, 3.63) is 54.4 Å². The lowest BCUT2D eigenvalue weighted by molar-refractivity contribution is 0.466. The zero-order chi connectivity index (χ0) is 10.7. The monoisotopic (exact) mass is 201 g/mol. The zero-order valence-corrected chi connectivity index (χ0v) is 8.51. The molecule has 3 nitrogen and oxygen atoms in total. The number of nitrogens with zero attached hydrogens (tertiary/aromatic N) is 1. The lowest BCUT2D eigenvalue weighted by Gasteiger charge is -2.32. The average Bonchev–Trinajstić information content (AvgIpc) is 2.24. The Labute approximate surface area is 89.5 Å². The Kier molecular flexibility index (Phi) is 2.66. The Morgan fingerprint density at radius 2 is 2.27 bits per heavy atom. The van der Waals surface area contributed by atoms with Crippen LogP contribution in [0.1, 0.15) is 5.56 Å². The van der Waals surface area contributed by atoms with Crippen molar-refractivity contribution in [3.63, 3.8) is 0 Å². The van der Waals surface area contributed by atoms with Crippen LogP contribution in [-0.2, 0) is 6.42 Å². The minimum atomic E-state index is -0.488. The van der Waals surface area contributed by atoms with Gasteiger partial charge in [-0.3, -0.25) is 4.98 Å². The highest BCUT2D eigenvalue weighted by atomic mass is 14.8. The molecular formula is C12H15N3. The molecule has 0 radical (unpaired) electrons. The Morgan fingerprint density at radius 1 is 1.40 bits per heavy atom. The molecule has 2 unspecified atom stereocenters. The maximum absolute atomic E-state index is 6.24. The summed E-state index contributed by atoms with van der Waals surface area (Å²) in [5, 5.41) is 0. The van der Waals surface area contributed by atoms with E-state index in [9.17, 15) is 0 Å². The van der Waals surface area contributed by atoms with Gasteiger partial charge >= 0.3 is 0 Å². The molecule has 2 atom stereocenters. The average molecular weight is 201 g/mol.